The minimum absolute atomic E-state index is 0.0763. The van der Waals surface area contributed by atoms with Crippen LogP contribution in [0.25, 0.3) is 0 Å². The maximum absolute atomic E-state index is 12.1. The van der Waals surface area contributed by atoms with E-state index in [0.717, 1.165) is 42.3 Å². The summed E-state index contributed by atoms with van der Waals surface area (Å²) in [6, 6.07) is 7.22. The van der Waals surface area contributed by atoms with Crippen molar-refractivity contribution in [3.63, 3.8) is 0 Å². The molecule has 1 N–H and O–H groups in total. The number of rotatable bonds is 7. The highest BCUT2D eigenvalue weighted by atomic mass is 32.1. The number of benzene rings is 1. The molecule has 2 aromatic rings. The van der Waals surface area contributed by atoms with Crippen molar-refractivity contribution < 1.29 is 14.3 Å². The van der Waals surface area contributed by atoms with Crippen molar-refractivity contribution in [2.75, 3.05) is 19.8 Å². The first kappa shape index (κ1) is 16.9. The summed E-state index contributed by atoms with van der Waals surface area (Å²) in [5.74, 6) is 0.688. The lowest BCUT2D eigenvalue weighted by molar-refractivity contribution is 0.0679. The van der Waals surface area contributed by atoms with Crippen molar-refractivity contribution in [2.45, 2.75) is 32.3 Å². The first-order valence-corrected chi connectivity index (χ1v) is 9.12. The van der Waals surface area contributed by atoms with Gasteiger partial charge < -0.3 is 14.8 Å². The second kappa shape index (κ2) is 8.26. The van der Waals surface area contributed by atoms with E-state index in [9.17, 15) is 4.79 Å². The number of aromatic nitrogens is 1. The van der Waals surface area contributed by atoms with Crippen LogP contribution in [-0.2, 0) is 11.2 Å². The Bertz CT molecular complexity index is 663. The summed E-state index contributed by atoms with van der Waals surface area (Å²) >= 11 is 1.63. The zero-order chi connectivity index (χ0) is 16.8. The third-order valence-electron chi connectivity index (χ3n) is 3.91. The maximum Gasteiger partial charge on any atom is 0.251 e. The molecular weight excluding hydrogens is 324 g/mol. The van der Waals surface area contributed by atoms with E-state index in [4.69, 9.17) is 9.47 Å². The number of carbonyl (C=O) groups excluding carboxylic acids is 1. The zero-order valence-corrected chi connectivity index (χ0v) is 14.6. The first-order valence-electron chi connectivity index (χ1n) is 8.24. The second-order valence-electron chi connectivity index (χ2n) is 5.83. The third kappa shape index (κ3) is 4.79. The Kier molecular flexibility index (Phi) is 5.82. The molecule has 1 aliphatic heterocycles. The molecule has 0 radical (unpaired) electrons. The predicted octanol–water partition coefficient (Wildman–Crippen LogP) is 2.98. The van der Waals surface area contributed by atoms with Gasteiger partial charge in [-0.3, -0.25) is 4.79 Å². The molecule has 1 atom stereocenters. The van der Waals surface area contributed by atoms with Crippen molar-refractivity contribution in [2.24, 2.45) is 0 Å². The zero-order valence-electron chi connectivity index (χ0n) is 13.8. The normalized spacial score (nSPS) is 17.0. The van der Waals surface area contributed by atoms with Gasteiger partial charge in [0.05, 0.1) is 16.8 Å². The van der Waals surface area contributed by atoms with Crippen LogP contribution in [0, 0.1) is 6.92 Å². The summed E-state index contributed by atoms with van der Waals surface area (Å²) in [5.41, 5.74) is 1.66. The summed E-state index contributed by atoms with van der Waals surface area (Å²) in [4.78, 5) is 16.5. The van der Waals surface area contributed by atoms with Crippen molar-refractivity contribution >= 4 is 17.2 Å². The smallest absolute Gasteiger partial charge is 0.251 e. The van der Waals surface area contributed by atoms with E-state index in [-0.39, 0.29) is 12.0 Å². The van der Waals surface area contributed by atoms with Gasteiger partial charge >= 0.3 is 0 Å². The van der Waals surface area contributed by atoms with Gasteiger partial charge in [-0.25, -0.2) is 4.98 Å². The number of nitrogens with one attached hydrogen (secondary N) is 1. The highest BCUT2D eigenvalue weighted by molar-refractivity contribution is 7.09. The lowest BCUT2D eigenvalue weighted by Gasteiger charge is -2.11. The minimum Gasteiger partial charge on any atom is -0.491 e. The predicted molar refractivity (Wildman–Crippen MR) is 93.8 cm³/mol. The summed E-state index contributed by atoms with van der Waals surface area (Å²) in [6.45, 7) is 3.96. The van der Waals surface area contributed by atoms with Crippen molar-refractivity contribution in [1.29, 1.82) is 0 Å². The lowest BCUT2D eigenvalue weighted by atomic mass is 10.2. The number of carbonyl (C=O) groups is 1. The van der Waals surface area contributed by atoms with Gasteiger partial charge in [-0.05, 0) is 44.0 Å². The van der Waals surface area contributed by atoms with Gasteiger partial charge in [-0.15, -0.1) is 11.3 Å². The van der Waals surface area contributed by atoms with E-state index in [2.05, 4.69) is 10.3 Å². The molecule has 5 nitrogen and oxygen atoms in total. The van der Waals surface area contributed by atoms with E-state index >= 15 is 0 Å². The molecule has 1 fully saturated rings. The number of ether oxygens (including phenoxy) is 2. The molecular formula is C18H22N2O3S. The van der Waals surface area contributed by atoms with Crippen LogP contribution in [0.1, 0.15) is 33.9 Å². The van der Waals surface area contributed by atoms with Gasteiger partial charge in [0.1, 0.15) is 12.4 Å². The van der Waals surface area contributed by atoms with Gasteiger partial charge in [0.25, 0.3) is 5.91 Å². The largest absolute Gasteiger partial charge is 0.491 e. The molecule has 1 aromatic carbocycles. The highest BCUT2D eigenvalue weighted by Gasteiger charge is 2.16. The molecule has 128 valence electrons. The second-order valence-corrected chi connectivity index (χ2v) is 6.90. The number of hydrogen-bond acceptors (Lipinski definition) is 5. The van der Waals surface area contributed by atoms with Crippen molar-refractivity contribution in [3.05, 3.63) is 45.9 Å². The molecule has 0 unspecified atom stereocenters. The van der Waals surface area contributed by atoms with Gasteiger partial charge in [0.2, 0.25) is 0 Å². The first-order chi connectivity index (χ1) is 11.7. The van der Waals surface area contributed by atoms with E-state index in [1.807, 2.05) is 24.4 Å². The number of nitrogens with zero attached hydrogens (tertiary/aromatic N) is 1. The Balaban J connectivity index is 1.42. The van der Waals surface area contributed by atoms with Crippen LogP contribution < -0.4 is 10.1 Å². The van der Waals surface area contributed by atoms with Gasteiger partial charge in [0, 0.05) is 30.5 Å². The molecule has 0 saturated carbocycles. The van der Waals surface area contributed by atoms with Crippen LogP contribution in [0.4, 0.5) is 0 Å². The topological polar surface area (TPSA) is 60.5 Å². The molecule has 0 bridgehead atoms. The minimum atomic E-state index is -0.0763. The van der Waals surface area contributed by atoms with Gasteiger partial charge in [-0.1, -0.05) is 0 Å². The molecule has 1 saturated heterocycles. The Morgan fingerprint density at radius 1 is 1.42 bits per heavy atom. The fourth-order valence-corrected chi connectivity index (χ4v) is 3.24. The fraction of sp³-hybridized carbons (Fsp3) is 0.444. The average Bonchev–Trinajstić information content (AvgIpc) is 3.25. The Labute approximate surface area is 146 Å². The molecule has 3 rings (SSSR count). The van der Waals surface area contributed by atoms with E-state index in [0.29, 0.717) is 18.7 Å². The average molecular weight is 346 g/mol. The van der Waals surface area contributed by atoms with Crippen molar-refractivity contribution in [3.8, 4) is 5.75 Å². The standard InChI is InChI=1S/C18H22N2O3S/c1-13-20-15(12-24-13)8-9-19-18(21)14-4-6-16(7-5-14)23-11-17-3-2-10-22-17/h4-7,12,17H,2-3,8-11H2,1H3,(H,19,21)/t17-/m0/s1. The number of amides is 1. The van der Waals surface area contributed by atoms with E-state index < -0.39 is 0 Å². The fourth-order valence-electron chi connectivity index (χ4n) is 2.60. The SMILES string of the molecule is Cc1nc(CCNC(=O)c2ccc(OC[C@@H]3CCCO3)cc2)cs1. The van der Waals surface area contributed by atoms with Gasteiger partial charge in [-0.2, -0.15) is 0 Å². The van der Waals surface area contributed by atoms with E-state index in [1.165, 1.54) is 0 Å². The number of thiazole rings is 1. The van der Waals surface area contributed by atoms with Crippen LogP contribution in [0.3, 0.4) is 0 Å². The Morgan fingerprint density at radius 3 is 2.92 bits per heavy atom. The van der Waals surface area contributed by atoms with Crippen molar-refractivity contribution in [1.82, 2.24) is 10.3 Å². The highest BCUT2D eigenvalue weighted by Crippen LogP contribution is 2.16. The van der Waals surface area contributed by atoms with Crippen LogP contribution in [-0.4, -0.2) is 36.8 Å². The molecule has 1 aliphatic rings. The number of aryl methyl sites for hydroxylation is 1. The number of hydrogen-bond donors (Lipinski definition) is 1. The van der Waals surface area contributed by atoms with Crippen LogP contribution in [0.15, 0.2) is 29.6 Å². The van der Waals surface area contributed by atoms with Crippen LogP contribution >= 0.6 is 11.3 Å². The molecule has 2 heterocycles. The molecule has 1 amide bonds. The van der Waals surface area contributed by atoms with E-state index in [1.54, 1.807) is 23.5 Å². The lowest BCUT2D eigenvalue weighted by Crippen LogP contribution is -2.25. The molecule has 0 aliphatic carbocycles. The molecule has 6 heteroatoms. The summed E-state index contributed by atoms with van der Waals surface area (Å²) in [7, 11) is 0. The summed E-state index contributed by atoms with van der Waals surface area (Å²) in [6.07, 6.45) is 3.10. The monoisotopic (exact) mass is 346 g/mol. The summed E-state index contributed by atoms with van der Waals surface area (Å²) in [5, 5.41) is 6.00. The third-order valence-corrected chi connectivity index (χ3v) is 4.73. The maximum atomic E-state index is 12.1. The molecule has 0 spiro atoms. The quantitative estimate of drug-likeness (QED) is 0.837. The van der Waals surface area contributed by atoms with Crippen LogP contribution in [0.2, 0.25) is 0 Å². The Morgan fingerprint density at radius 2 is 2.25 bits per heavy atom. The summed E-state index contributed by atoms with van der Waals surface area (Å²) < 4.78 is 11.2. The molecule has 24 heavy (non-hydrogen) atoms. The van der Waals surface area contributed by atoms with Crippen LogP contribution in [0.5, 0.6) is 5.75 Å². The molecule has 1 aromatic heterocycles. The van der Waals surface area contributed by atoms with Gasteiger partial charge in [0.15, 0.2) is 0 Å². The Hall–Kier alpha value is -1.92.